The maximum absolute atomic E-state index is 12.1. The number of piperidine rings is 1. The molecule has 1 aliphatic heterocycles. The van der Waals surface area contributed by atoms with Gasteiger partial charge in [-0.15, -0.1) is 0 Å². The molecule has 24 heavy (non-hydrogen) atoms. The molecule has 130 valence electrons. The summed E-state index contributed by atoms with van der Waals surface area (Å²) in [6.45, 7) is 6.90. The number of halogens is 1. The highest BCUT2D eigenvalue weighted by atomic mass is 35.5. The van der Waals surface area contributed by atoms with Crippen LogP contribution in [0.3, 0.4) is 0 Å². The van der Waals surface area contributed by atoms with Crippen molar-refractivity contribution in [2.75, 3.05) is 25.1 Å². The Morgan fingerprint density at radius 2 is 1.88 bits per heavy atom. The van der Waals surface area contributed by atoms with Gasteiger partial charge in [0.15, 0.2) is 0 Å². The Balaban J connectivity index is 1.67. The highest BCUT2D eigenvalue weighted by molar-refractivity contribution is 6.32. The van der Waals surface area contributed by atoms with Gasteiger partial charge in [0.1, 0.15) is 16.6 Å². The lowest BCUT2D eigenvalue weighted by Gasteiger charge is -2.22. The predicted octanol–water partition coefficient (Wildman–Crippen LogP) is 2.55. The van der Waals surface area contributed by atoms with Gasteiger partial charge in [-0.25, -0.2) is 9.78 Å². The molecule has 0 bridgehead atoms. The van der Waals surface area contributed by atoms with E-state index >= 15 is 0 Å². The van der Waals surface area contributed by atoms with Gasteiger partial charge in [0.2, 0.25) is 0 Å². The molecule has 3 rings (SSSR count). The quantitative estimate of drug-likeness (QED) is 0.615. The first kappa shape index (κ1) is 17.0. The molecule has 6 nitrogen and oxygen atoms in total. The molecule has 0 amide bonds. The highest BCUT2D eigenvalue weighted by Crippen LogP contribution is 2.52. The van der Waals surface area contributed by atoms with Crippen molar-refractivity contribution in [3.05, 3.63) is 22.8 Å². The number of ether oxygens (including phenoxy) is 2. The van der Waals surface area contributed by atoms with E-state index in [1.165, 1.54) is 7.11 Å². The van der Waals surface area contributed by atoms with Crippen LogP contribution in [0.1, 0.15) is 31.1 Å². The fourth-order valence-corrected chi connectivity index (χ4v) is 3.51. The molecule has 2 fully saturated rings. The van der Waals surface area contributed by atoms with Crippen LogP contribution in [0.15, 0.2) is 12.1 Å². The van der Waals surface area contributed by atoms with Gasteiger partial charge in [0.05, 0.1) is 18.6 Å². The summed E-state index contributed by atoms with van der Waals surface area (Å²) >= 11 is 6.17. The second-order valence-corrected chi connectivity index (χ2v) is 7.65. The van der Waals surface area contributed by atoms with Crippen LogP contribution in [0.25, 0.3) is 0 Å². The maximum atomic E-state index is 12.1. The molecule has 3 atom stereocenters. The van der Waals surface area contributed by atoms with Gasteiger partial charge in [-0.3, -0.25) is 4.79 Å². The average Bonchev–Trinajstić information content (AvgIpc) is 2.98. The van der Waals surface area contributed by atoms with Crippen molar-refractivity contribution < 1.29 is 19.1 Å². The molecule has 0 spiro atoms. The number of aromatic nitrogens is 1. The summed E-state index contributed by atoms with van der Waals surface area (Å²) in [5.74, 6) is 0.760. The number of anilines is 1. The number of carbonyl (C=O) groups is 2. The maximum Gasteiger partial charge on any atom is 0.341 e. The minimum atomic E-state index is -0.585. The van der Waals surface area contributed by atoms with E-state index in [4.69, 9.17) is 21.1 Å². The Hall–Kier alpha value is -1.82. The van der Waals surface area contributed by atoms with Gasteiger partial charge in [0, 0.05) is 13.1 Å². The van der Waals surface area contributed by atoms with Crippen LogP contribution in [0, 0.1) is 17.8 Å². The van der Waals surface area contributed by atoms with Crippen LogP contribution in [-0.4, -0.2) is 42.7 Å². The predicted molar refractivity (Wildman–Crippen MR) is 89.1 cm³/mol. The minimum Gasteiger partial charge on any atom is -0.469 e. The molecule has 1 saturated heterocycles. The molecular formula is C17H21ClN2O4. The van der Waals surface area contributed by atoms with Crippen LogP contribution in [-0.2, 0) is 14.3 Å². The first-order chi connectivity index (χ1) is 11.2. The van der Waals surface area contributed by atoms with Crippen LogP contribution in [0.4, 0.5) is 5.82 Å². The van der Waals surface area contributed by atoms with Crippen LogP contribution < -0.4 is 4.90 Å². The largest absolute Gasteiger partial charge is 0.469 e. The molecular weight excluding hydrogens is 332 g/mol. The number of rotatable bonds is 3. The number of methoxy groups -OCH3 is 1. The summed E-state index contributed by atoms with van der Waals surface area (Å²) in [5.41, 5.74) is -0.329. The summed E-state index contributed by atoms with van der Waals surface area (Å²) in [5, 5.41) is 0.131. The average molecular weight is 353 g/mol. The van der Waals surface area contributed by atoms with E-state index < -0.39 is 11.6 Å². The fourth-order valence-electron chi connectivity index (χ4n) is 3.29. The Morgan fingerprint density at radius 3 is 2.38 bits per heavy atom. The summed E-state index contributed by atoms with van der Waals surface area (Å²) < 4.78 is 10.1. The van der Waals surface area contributed by atoms with Crippen LogP contribution >= 0.6 is 11.6 Å². The third-order valence-electron chi connectivity index (χ3n) is 4.44. The zero-order chi connectivity index (χ0) is 17.6. The summed E-state index contributed by atoms with van der Waals surface area (Å²) in [6.07, 6.45) is 0. The number of esters is 2. The lowest BCUT2D eigenvalue weighted by Crippen LogP contribution is -2.27. The summed E-state index contributed by atoms with van der Waals surface area (Å²) in [7, 11) is 1.42. The van der Waals surface area contributed by atoms with E-state index in [1.54, 1.807) is 32.9 Å². The zero-order valence-corrected chi connectivity index (χ0v) is 15.0. The van der Waals surface area contributed by atoms with Gasteiger partial charge in [-0.2, -0.15) is 0 Å². The first-order valence-corrected chi connectivity index (χ1v) is 8.31. The molecule has 0 aromatic carbocycles. The summed E-state index contributed by atoms with van der Waals surface area (Å²) in [4.78, 5) is 30.1. The number of hydrogen-bond donors (Lipinski definition) is 0. The van der Waals surface area contributed by atoms with Crippen molar-refractivity contribution in [2.24, 2.45) is 17.8 Å². The van der Waals surface area contributed by atoms with E-state index in [0.29, 0.717) is 17.7 Å². The monoisotopic (exact) mass is 352 g/mol. The standard InChI is InChI=1S/C17H21ClN2O4/c1-17(2,3)24-15(21)9-5-6-12(19-14(9)18)20-7-10-11(8-20)13(10)16(22)23-4/h5-6,10-11,13H,7-8H2,1-4H3/t10-,11+,13+. The smallest absolute Gasteiger partial charge is 0.341 e. The number of hydrogen-bond acceptors (Lipinski definition) is 6. The minimum absolute atomic E-state index is 0.0164. The number of pyridine rings is 1. The molecule has 0 unspecified atom stereocenters. The Bertz CT molecular complexity index is 674. The molecule has 7 heteroatoms. The van der Waals surface area contributed by atoms with Crippen LogP contribution in [0.5, 0.6) is 0 Å². The molecule has 2 aliphatic rings. The highest BCUT2D eigenvalue weighted by Gasteiger charge is 2.60. The van der Waals surface area contributed by atoms with E-state index in [2.05, 4.69) is 9.88 Å². The first-order valence-electron chi connectivity index (χ1n) is 7.94. The molecule has 1 saturated carbocycles. The number of nitrogens with zero attached hydrogens (tertiary/aromatic N) is 2. The second kappa shape index (κ2) is 5.92. The van der Waals surface area contributed by atoms with E-state index in [-0.39, 0.29) is 22.6 Å². The van der Waals surface area contributed by atoms with Gasteiger partial charge in [0.25, 0.3) is 0 Å². The zero-order valence-electron chi connectivity index (χ0n) is 14.2. The van der Waals surface area contributed by atoms with E-state index in [9.17, 15) is 9.59 Å². The molecule has 1 aromatic heterocycles. The van der Waals surface area contributed by atoms with Crippen molar-refractivity contribution in [3.63, 3.8) is 0 Å². The third-order valence-corrected chi connectivity index (χ3v) is 4.73. The van der Waals surface area contributed by atoms with Crippen molar-refractivity contribution in [2.45, 2.75) is 26.4 Å². The van der Waals surface area contributed by atoms with Crippen molar-refractivity contribution in [3.8, 4) is 0 Å². The van der Waals surface area contributed by atoms with Crippen molar-refractivity contribution >= 4 is 29.4 Å². The summed E-state index contributed by atoms with van der Waals surface area (Å²) in [6, 6.07) is 3.41. The Kier molecular flexibility index (Phi) is 4.20. The van der Waals surface area contributed by atoms with Gasteiger partial charge in [-0.1, -0.05) is 11.6 Å². The normalized spacial score (nSPS) is 25.2. The van der Waals surface area contributed by atoms with E-state index in [1.807, 2.05) is 0 Å². The topological polar surface area (TPSA) is 68.7 Å². The lowest BCUT2D eigenvalue weighted by molar-refractivity contribution is -0.142. The third kappa shape index (κ3) is 3.20. The second-order valence-electron chi connectivity index (χ2n) is 7.29. The van der Waals surface area contributed by atoms with Gasteiger partial charge in [-0.05, 0) is 44.7 Å². The number of carbonyl (C=O) groups excluding carboxylic acids is 2. The number of fused-ring (bicyclic) bond motifs is 1. The van der Waals surface area contributed by atoms with Crippen molar-refractivity contribution in [1.29, 1.82) is 0 Å². The van der Waals surface area contributed by atoms with Gasteiger partial charge >= 0.3 is 11.9 Å². The Labute approximate surface area is 146 Å². The lowest BCUT2D eigenvalue weighted by atomic mass is 10.2. The molecule has 1 aromatic rings. The molecule has 0 radical (unpaired) electrons. The van der Waals surface area contributed by atoms with Crippen LogP contribution in [0.2, 0.25) is 5.15 Å². The molecule has 0 N–H and O–H groups in total. The SMILES string of the molecule is COC(=O)[C@H]1[C@@H]2CN(c3ccc(C(=O)OC(C)(C)C)c(Cl)n3)C[C@@H]21. The van der Waals surface area contributed by atoms with Crippen molar-refractivity contribution in [1.82, 2.24) is 4.98 Å². The fraction of sp³-hybridized carbons (Fsp3) is 0.588. The molecule has 1 aliphatic carbocycles. The van der Waals surface area contributed by atoms with E-state index in [0.717, 1.165) is 13.1 Å². The Morgan fingerprint density at radius 1 is 1.25 bits per heavy atom. The molecule has 2 heterocycles. The van der Waals surface area contributed by atoms with Gasteiger partial charge < -0.3 is 14.4 Å².